The van der Waals surface area contributed by atoms with Crippen molar-refractivity contribution in [3.05, 3.63) is 42.0 Å². The van der Waals surface area contributed by atoms with E-state index in [-0.39, 0.29) is 17.4 Å². The first-order chi connectivity index (χ1) is 7.14. The summed E-state index contributed by atoms with van der Waals surface area (Å²) in [6.45, 7) is 0. The Bertz CT molecular complexity index is 409. The third-order valence-corrected chi connectivity index (χ3v) is 3.79. The average Bonchev–Trinajstić information content (AvgIpc) is 2.19. The maximum Gasteiger partial charge on any atom is 0.155 e. The summed E-state index contributed by atoms with van der Waals surface area (Å²) in [4.78, 5) is 0. The molecular formula is C11H13ClO2S. The summed E-state index contributed by atoms with van der Waals surface area (Å²) in [5.41, 5.74) is 0.999. The van der Waals surface area contributed by atoms with E-state index < -0.39 is 9.84 Å². The van der Waals surface area contributed by atoms with Gasteiger partial charge in [0, 0.05) is 5.88 Å². The molecule has 1 aromatic carbocycles. The van der Waals surface area contributed by atoms with Gasteiger partial charge in [0.25, 0.3) is 0 Å². The zero-order valence-corrected chi connectivity index (χ0v) is 9.84. The fraction of sp³-hybridized carbons (Fsp3) is 0.273. The number of hydrogen-bond acceptors (Lipinski definition) is 2. The van der Waals surface area contributed by atoms with Crippen molar-refractivity contribution in [2.45, 2.75) is 0 Å². The molecule has 0 aromatic heterocycles. The fourth-order valence-electron chi connectivity index (χ4n) is 1.10. The van der Waals surface area contributed by atoms with Crippen LogP contribution in [0.4, 0.5) is 0 Å². The first-order valence-electron chi connectivity index (χ1n) is 4.62. The highest BCUT2D eigenvalue weighted by Crippen LogP contribution is 2.02. The van der Waals surface area contributed by atoms with Gasteiger partial charge in [-0.05, 0) is 5.56 Å². The van der Waals surface area contributed by atoms with Gasteiger partial charge in [-0.2, -0.15) is 0 Å². The third kappa shape index (κ3) is 5.00. The maximum atomic E-state index is 11.3. The van der Waals surface area contributed by atoms with Crippen molar-refractivity contribution >= 4 is 27.5 Å². The zero-order chi connectivity index (χ0) is 11.1. The number of halogens is 1. The molecule has 15 heavy (non-hydrogen) atoms. The second-order valence-corrected chi connectivity index (χ2v) is 5.72. The van der Waals surface area contributed by atoms with Crippen molar-refractivity contribution in [2.75, 3.05) is 17.4 Å². The lowest BCUT2D eigenvalue weighted by molar-refractivity contribution is 0.600. The second kappa shape index (κ2) is 5.93. The Balaban J connectivity index is 2.54. The molecule has 0 heterocycles. The minimum atomic E-state index is -3.02. The molecule has 0 saturated heterocycles. The van der Waals surface area contributed by atoms with E-state index in [0.717, 1.165) is 5.56 Å². The quantitative estimate of drug-likeness (QED) is 0.746. The minimum absolute atomic E-state index is 0.0354. The first-order valence-corrected chi connectivity index (χ1v) is 6.97. The van der Waals surface area contributed by atoms with E-state index in [2.05, 4.69) is 0 Å². The largest absolute Gasteiger partial charge is 0.228 e. The van der Waals surface area contributed by atoms with Crippen molar-refractivity contribution in [3.63, 3.8) is 0 Å². The van der Waals surface area contributed by atoms with E-state index in [1.807, 2.05) is 30.3 Å². The van der Waals surface area contributed by atoms with E-state index in [9.17, 15) is 8.42 Å². The summed E-state index contributed by atoms with van der Waals surface area (Å²) in [5, 5.41) is 0. The van der Waals surface area contributed by atoms with Crippen molar-refractivity contribution < 1.29 is 8.42 Å². The van der Waals surface area contributed by atoms with Gasteiger partial charge in [-0.3, -0.25) is 0 Å². The van der Waals surface area contributed by atoms with Crippen LogP contribution in [0.3, 0.4) is 0 Å². The summed E-state index contributed by atoms with van der Waals surface area (Å²) in [6, 6.07) is 9.58. The van der Waals surface area contributed by atoms with E-state index >= 15 is 0 Å². The van der Waals surface area contributed by atoms with Crippen LogP contribution in [0, 0.1) is 0 Å². The smallest absolute Gasteiger partial charge is 0.155 e. The number of alkyl halides is 1. The average molecular weight is 245 g/mol. The summed E-state index contributed by atoms with van der Waals surface area (Å²) >= 11 is 5.38. The fourth-order valence-corrected chi connectivity index (χ4v) is 2.59. The molecule has 0 aliphatic carbocycles. The summed E-state index contributed by atoms with van der Waals surface area (Å²) in [7, 11) is -3.02. The van der Waals surface area contributed by atoms with Crippen molar-refractivity contribution in [1.82, 2.24) is 0 Å². The molecular weight excluding hydrogens is 232 g/mol. The van der Waals surface area contributed by atoms with Gasteiger partial charge in [-0.25, -0.2) is 8.42 Å². The van der Waals surface area contributed by atoms with E-state index in [1.54, 1.807) is 12.2 Å². The molecule has 82 valence electrons. The second-order valence-electron chi connectivity index (χ2n) is 3.12. The Morgan fingerprint density at radius 1 is 1.20 bits per heavy atom. The Morgan fingerprint density at radius 3 is 2.47 bits per heavy atom. The summed E-state index contributed by atoms with van der Waals surface area (Å²) < 4.78 is 22.6. The first kappa shape index (κ1) is 12.3. The molecule has 0 fully saturated rings. The molecule has 0 radical (unpaired) electrons. The molecule has 0 N–H and O–H groups in total. The highest BCUT2D eigenvalue weighted by Gasteiger charge is 2.06. The molecule has 0 aliphatic heterocycles. The molecule has 0 bridgehead atoms. The van der Waals surface area contributed by atoms with Crippen LogP contribution in [-0.2, 0) is 9.84 Å². The summed E-state index contributed by atoms with van der Waals surface area (Å²) in [5.74, 6) is 0.240. The molecule has 0 unspecified atom stereocenters. The van der Waals surface area contributed by atoms with Gasteiger partial charge in [0.2, 0.25) is 0 Å². The van der Waals surface area contributed by atoms with Crippen LogP contribution in [0.1, 0.15) is 5.56 Å². The molecule has 0 atom stereocenters. The van der Waals surface area contributed by atoms with Crippen LogP contribution < -0.4 is 0 Å². The maximum absolute atomic E-state index is 11.3. The zero-order valence-electron chi connectivity index (χ0n) is 8.27. The van der Waals surface area contributed by atoms with Gasteiger partial charge < -0.3 is 0 Å². The number of sulfone groups is 1. The molecule has 0 saturated carbocycles. The highest BCUT2D eigenvalue weighted by atomic mass is 35.5. The van der Waals surface area contributed by atoms with Gasteiger partial charge in [0.05, 0.1) is 11.5 Å². The predicted molar refractivity (Wildman–Crippen MR) is 64.8 cm³/mol. The highest BCUT2D eigenvalue weighted by molar-refractivity contribution is 7.91. The predicted octanol–water partition coefficient (Wildman–Crippen LogP) is 2.35. The lowest BCUT2D eigenvalue weighted by Crippen LogP contribution is -2.10. The van der Waals surface area contributed by atoms with Crippen molar-refractivity contribution in [3.8, 4) is 0 Å². The molecule has 4 heteroatoms. The molecule has 1 rings (SSSR count). The van der Waals surface area contributed by atoms with Crippen LogP contribution >= 0.6 is 11.6 Å². The van der Waals surface area contributed by atoms with Crippen molar-refractivity contribution in [1.29, 1.82) is 0 Å². The Labute approximate surface area is 95.5 Å². The van der Waals surface area contributed by atoms with Crippen LogP contribution in [0.2, 0.25) is 0 Å². The van der Waals surface area contributed by atoms with Gasteiger partial charge in [0.15, 0.2) is 9.84 Å². The van der Waals surface area contributed by atoms with Crippen LogP contribution in [0.5, 0.6) is 0 Å². The molecule has 1 aromatic rings. The van der Waals surface area contributed by atoms with Gasteiger partial charge >= 0.3 is 0 Å². The van der Waals surface area contributed by atoms with E-state index in [4.69, 9.17) is 11.6 Å². The van der Waals surface area contributed by atoms with Gasteiger partial charge in [0.1, 0.15) is 0 Å². The lowest BCUT2D eigenvalue weighted by Gasteiger charge is -1.96. The Hall–Kier alpha value is -0.800. The molecule has 2 nitrogen and oxygen atoms in total. The molecule has 0 amide bonds. The molecule has 0 aliphatic rings. The Morgan fingerprint density at radius 2 is 1.87 bits per heavy atom. The van der Waals surface area contributed by atoms with Crippen LogP contribution in [-0.4, -0.2) is 25.8 Å². The van der Waals surface area contributed by atoms with Gasteiger partial charge in [-0.1, -0.05) is 42.5 Å². The van der Waals surface area contributed by atoms with Crippen LogP contribution in [0.25, 0.3) is 6.08 Å². The number of benzene rings is 1. The lowest BCUT2D eigenvalue weighted by atomic mass is 10.2. The van der Waals surface area contributed by atoms with Gasteiger partial charge in [-0.15, -0.1) is 11.6 Å². The third-order valence-electron chi connectivity index (χ3n) is 1.85. The standard InChI is InChI=1S/C11H13ClO2S/c12-8-10-15(13,14)9-4-7-11-5-2-1-3-6-11/h1-7H,8-10H2/b7-4+. The topological polar surface area (TPSA) is 34.1 Å². The Kier molecular flexibility index (Phi) is 4.85. The van der Waals surface area contributed by atoms with E-state index in [1.165, 1.54) is 0 Å². The van der Waals surface area contributed by atoms with E-state index in [0.29, 0.717) is 0 Å². The van der Waals surface area contributed by atoms with Crippen molar-refractivity contribution in [2.24, 2.45) is 0 Å². The number of rotatable bonds is 5. The van der Waals surface area contributed by atoms with Crippen LogP contribution in [0.15, 0.2) is 36.4 Å². The normalized spacial score (nSPS) is 12.1. The monoisotopic (exact) mass is 244 g/mol. The number of hydrogen-bond donors (Lipinski definition) is 0. The minimum Gasteiger partial charge on any atom is -0.228 e. The molecule has 0 spiro atoms. The summed E-state index contributed by atoms with van der Waals surface area (Å²) in [6.07, 6.45) is 3.45. The SMILES string of the molecule is O=S(=O)(C/C=C/c1ccccc1)CCCl.